The number of ether oxygens (including phenoxy) is 1. The van der Waals surface area contributed by atoms with Crippen LogP contribution in [0.4, 0.5) is 0 Å². The van der Waals surface area contributed by atoms with Gasteiger partial charge >= 0.3 is 7.60 Å². The lowest BCUT2D eigenvalue weighted by atomic mass is 9.95. The average molecular weight is 378 g/mol. The largest absolute Gasteiger partial charge is 0.508 e. The van der Waals surface area contributed by atoms with Crippen LogP contribution in [0.25, 0.3) is 0 Å². The highest BCUT2D eigenvalue weighted by molar-refractivity contribution is 7.53. The summed E-state index contributed by atoms with van der Waals surface area (Å²) < 4.78 is 17.8. The van der Waals surface area contributed by atoms with Gasteiger partial charge in [-0.25, -0.2) is 0 Å². The van der Waals surface area contributed by atoms with Gasteiger partial charge in [0.1, 0.15) is 11.5 Å². The molecule has 0 atom stereocenters. The van der Waals surface area contributed by atoms with E-state index in [0.717, 1.165) is 22.3 Å². The predicted molar refractivity (Wildman–Crippen MR) is 103 cm³/mol. The average Bonchev–Trinajstić information content (AvgIpc) is 2.56. The number of hydrogen-bond donors (Lipinski definition) is 3. The van der Waals surface area contributed by atoms with Gasteiger partial charge in [-0.05, 0) is 79.6 Å². The second-order valence-corrected chi connectivity index (χ2v) is 8.58. The van der Waals surface area contributed by atoms with Crippen molar-refractivity contribution in [3.05, 3.63) is 58.7 Å². The summed E-state index contributed by atoms with van der Waals surface area (Å²) in [4.78, 5) is 19.5. The molecule has 0 aliphatic rings. The minimum atomic E-state index is -4.42. The van der Waals surface area contributed by atoms with Gasteiger partial charge in [-0.2, -0.15) is 0 Å². The zero-order valence-electron chi connectivity index (χ0n) is 15.7. The predicted octanol–water partition coefficient (Wildman–Crippen LogP) is 4.67. The summed E-state index contributed by atoms with van der Waals surface area (Å²) in [5, 5.41) is 7.91. The maximum absolute atomic E-state index is 12.0. The Hall–Kier alpha value is -1.81. The van der Waals surface area contributed by atoms with Gasteiger partial charge in [0.25, 0.3) is 0 Å². The minimum absolute atomic E-state index is 0.223. The molecule has 0 aliphatic heterocycles. The highest BCUT2D eigenvalue weighted by Gasteiger charge is 2.46. The second kappa shape index (κ2) is 7.83. The third-order valence-corrected chi connectivity index (χ3v) is 6.72. The van der Waals surface area contributed by atoms with Crippen LogP contribution in [-0.4, -0.2) is 20.2 Å². The topological polar surface area (TPSA) is 87.0 Å². The molecule has 2 rings (SSSR count). The number of aromatic hydroxyl groups is 1. The first kappa shape index (κ1) is 20.5. The van der Waals surface area contributed by atoms with E-state index in [-0.39, 0.29) is 18.6 Å². The maximum Gasteiger partial charge on any atom is 0.368 e. The molecule has 0 fully saturated rings. The summed E-state index contributed by atoms with van der Waals surface area (Å²) in [6.45, 7) is 7.38. The van der Waals surface area contributed by atoms with Crippen molar-refractivity contribution in [2.24, 2.45) is 0 Å². The summed E-state index contributed by atoms with van der Waals surface area (Å²) >= 11 is 0. The fourth-order valence-corrected chi connectivity index (χ4v) is 4.24. The van der Waals surface area contributed by atoms with E-state index in [2.05, 4.69) is 0 Å². The first-order valence-electron chi connectivity index (χ1n) is 8.74. The van der Waals surface area contributed by atoms with Gasteiger partial charge in [-0.3, -0.25) is 4.57 Å². The van der Waals surface area contributed by atoms with E-state index in [9.17, 15) is 19.5 Å². The fraction of sp³-hybridized carbons (Fsp3) is 0.400. The number of phenols is 1. The Morgan fingerprint density at radius 3 is 1.92 bits per heavy atom. The first-order valence-corrected chi connectivity index (χ1v) is 10.4. The molecular weight excluding hydrogens is 351 g/mol. The van der Waals surface area contributed by atoms with Crippen LogP contribution in [0.3, 0.4) is 0 Å². The monoisotopic (exact) mass is 378 g/mol. The van der Waals surface area contributed by atoms with Crippen LogP contribution in [0, 0.1) is 13.8 Å². The maximum atomic E-state index is 12.0. The molecule has 0 saturated carbocycles. The lowest BCUT2D eigenvalue weighted by Gasteiger charge is -2.33. The summed E-state index contributed by atoms with van der Waals surface area (Å²) in [6.07, 6.45) is 1.16. The molecule has 0 aromatic heterocycles. The Bertz CT molecular complexity index is 780. The Morgan fingerprint density at radius 2 is 1.50 bits per heavy atom. The molecule has 0 bridgehead atoms. The molecule has 5 nitrogen and oxygen atoms in total. The van der Waals surface area contributed by atoms with Crippen LogP contribution in [0.1, 0.15) is 48.9 Å². The van der Waals surface area contributed by atoms with Crippen molar-refractivity contribution in [2.45, 2.75) is 52.3 Å². The third kappa shape index (κ3) is 4.29. The van der Waals surface area contributed by atoms with Crippen LogP contribution in [0.15, 0.2) is 36.4 Å². The summed E-state index contributed by atoms with van der Waals surface area (Å²) in [6, 6.07) is 10.7. The van der Waals surface area contributed by atoms with E-state index in [1.54, 1.807) is 26.0 Å². The van der Waals surface area contributed by atoms with Gasteiger partial charge < -0.3 is 19.6 Å². The van der Waals surface area contributed by atoms with Gasteiger partial charge in [0.15, 0.2) is 0 Å². The number of phenolic OH excluding ortho intramolecular Hbond substituents is 1. The van der Waals surface area contributed by atoms with Gasteiger partial charge in [0.05, 0.1) is 0 Å². The molecule has 2 aromatic rings. The zero-order chi connectivity index (χ0) is 19.5. The van der Waals surface area contributed by atoms with Crippen molar-refractivity contribution in [2.75, 3.05) is 0 Å². The Balaban J connectivity index is 2.34. The zero-order valence-corrected chi connectivity index (χ0v) is 16.6. The van der Waals surface area contributed by atoms with E-state index < -0.39 is 12.9 Å². The molecule has 3 N–H and O–H groups in total. The fourth-order valence-electron chi connectivity index (χ4n) is 3.19. The molecule has 142 valence electrons. The van der Waals surface area contributed by atoms with Gasteiger partial charge in [0, 0.05) is 0 Å². The third-order valence-electron chi connectivity index (χ3n) is 4.93. The van der Waals surface area contributed by atoms with Gasteiger partial charge in [0.2, 0.25) is 5.34 Å². The van der Waals surface area contributed by atoms with Crippen LogP contribution >= 0.6 is 7.60 Å². The summed E-state index contributed by atoms with van der Waals surface area (Å²) in [5.41, 5.74) is 4.21. The van der Waals surface area contributed by atoms with Gasteiger partial charge in [-0.1, -0.05) is 26.0 Å². The van der Waals surface area contributed by atoms with Crippen LogP contribution in [0.5, 0.6) is 11.5 Å². The highest BCUT2D eigenvalue weighted by Crippen LogP contribution is 2.55. The van der Waals surface area contributed by atoms with Crippen molar-refractivity contribution in [1.82, 2.24) is 0 Å². The Labute approximate surface area is 154 Å². The van der Waals surface area contributed by atoms with Crippen molar-refractivity contribution in [3.63, 3.8) is 0 Å². The molecule has 0 saturated heterocycles. The van der Waals surface area contributed by atoms with Crippen molar-refractivity contribution < 1.29 is 24.2 Å². The molecule has 0 spiro atoms. The van der Waals surface area contributed by atoms with E-state index in [4.69, 9.17) is 4.74 Å². The van der Waals surface area contributed by atoms with Crippen LogP contribution in [0.2, 0.25) is 0 Å². The molecule has 0 aliphatic carbocycles. The number of rotatable bonds is 7. The molecule has 0 heterocycles. The Morgan fingerprint density at radius 1 is 1.00 bits per heavy atom. The quantitative estimate of drug-likeness (QED) is 0.610. The number of aryl methyl sites for hydroxylation is 2. The SMILES string of the molecule is CCC(CC)(Oc1cc(C)c(Cc2ccc(O)cc2)c(C)c1)P(=O)(O)O. The van der Waals surface area contributed by atoms with Crippen LogP contribution in [-0.2, 0) is 11.0 Å². The van der Waals surface area contributed by atoms with Crippen molar-refractivity contribution in [3.8, 4) is 11.5 Å². The van der Waals surface area contributed by atoms with E-state index in [1.807, 2.05) is 38.1 Å². The van der Waals surface area contributed by atoms with Crippen molar-refractivity contribution >= 4 is 7.60 Å². The number of hydrogen-bond acceptors (Lipinski definition) is 3. The molecule has 6 heteroatoms. The first-order chi connectivity index (χ1) is 12.1. The van der Waals surface area contributed by atoms with Gasteiger partial charge in [-0.15, -0.1) is 0 Å². The lowest BCUT2D eigenvalue weighted by Crippen LogP contribution is -2.34. The summed E-state index contributed by atoms with van der Waals surface area (Å²) in [7, 11) is -4.42. The van der Waals surface area contributed by atoms with E-state index >= 15 is 0 Å². The smallest absolute Gasteiger partial charge is 0.368 e. The standard InChI is InChI=1S/C20H27O5P/c1-5-20(6-2,26(22,23)24)25-18-11-14(3)19(15(4)12-18)13-16-7-9-17(21)10-8-16/h7-12,21H,5-6,13H2,1-4H3,(H2,22,23,24). The molecule has 0 unspecified atom stereocenters. The van der Waals surface area contributed by atoms with E-state index in [1.165, 1.54) is 0 Å². The minimum Gasteiger partial charge on any atom is -0.508 e. The molecule has 26 heavy (non-hydrogen) atoms. The molecule has 2 aromatic carbocycles. The van der Waals surface area contributed by atoms with Crippen molar-refractivity contribution in [1.29, 1.82) is 0 Å². The molecule has 0 amide bonds. The Kier molecular flexibility index (Phi) is 6.17. The second-order valence-electron chi connectivity index (χ2n) is 6.68. The normalized spacial score (nSPS) is 12.2. The lowest BCUT2D eigenvalue weighted by molar-refractivity contribution is 0.108. The number of benzene rings is 2. The molecular formula is C20H27O5P. The summed E-state index contributed by atoms with van der Waals surface area (Å²) in [5.74, 6) is 0.709. The highest BCUT2D eigenvalue weighted by atomic mass is 31.2. The van der Waals surface area contributed by atoms with E-state index in [0.29, 0.717) is 12.2 Å². The van der Waals surface area contributed by atoms with Crippen LogP contribution < -0.4 is 4.74 Å². The molecule has 0 radical (unpaired) electrons.